The molecule has 1 unspecified atom stereocenters. The van der Waals surface area contributed by atoms with E-state index in [4.69, 9.17) is 11.6 Å². The van der Waals surface area contributed by atoms with Crippen molar-refractivity contribution in [3.05, 3.63) is 107 Å². The summed E-state index contributed by atoms with van der Waals surface area (Å²) in [5.41, 5.74) is 3.67. The lowest BCUT2D eigenvalue weighted by atomic mass is 9.88. The Hall–Kier alpha value is -2.58. The first-order chi connectivity index (χ1) is 14.7. The van der Waals surface area contributed by atoms with Gasteiger partial charge in [-0.25, -0.2) is 0 Å². The van der Waals surface area contributed by atoms with E-state index >= 15 is 0 Å². The predicted octanol–water partition coefficient (Wildman–Crippen LogP) is 6.66. The van der Waals surface area contributed by atoms with E-state index in [0.717, 1.165) is 37.4 Å². The van der Waals surface area contributed by atoms with Crippen LogP contribution in [0.2, 0.25) is 5.02 Å². The van der Waals surface area contributed by atoms with Crippen LogP contribution in [-0.4, -0.2) is 23.9 Å². The molecule has 30 heavy (non-hydrogen) atoms. The Morgan fingerprint density at radius 3 is 2.07 bits per heavy atom. The maximum atomic E-state index is 13.4. The molecule has 2 nitrogen and oxygen atoms in total. The van der Waals surface area contributed by atoms with E-state index in [1.165, 1.54) is 16.7 Å². The summed E-state index contributed by atoms with van der Waals surface area (Å²) in [5, 5.41) is 0.758. The van der Waals surface area contributed by atoms with Gasteiger partial charge < -0.3 is 4.90 Å². The predicted molar refractivity (Wildman–Crippen MR) is 124 cm³/mol. The Morgan fingerprint density at radius 1 is 0.867 bits per heavy atom. The van der Waals surface area contributed by atoms with Crippen molar-refractivity contribution < 1.29 is 4.79 Å². The summed E-state index contributed by atoms with van der Waals surface area (Å²) < 4.78 is 0. The molecule has 1 amide bonds. The summed E-state index contributed by atoms with van der Waals surface area (Å²) in [6, 6.07) is 28.9. The van der Waals surface area contributed by atoms with Crippen LogP contribution in [0, 0.1) is 0 Å². The molecule has 3 aromatic rings. The normalized spacial score (nSPS) is 17.0. The molecule has 1 aliphatic rings. The third-order valence-corrected chi connectivity index (χ3v) is 6.40. The standard InChI is InChI=1S/C27H28ClNO/c28-25-16-14-21(15-17-25)24-13-7-8-18-29(20-24)27(30)19-26(22-9-3-1-4-10-22)23-11-5-2-6-12-23/h1-6,9-12,14-17,24,26H,7-8,13,18-20H2. The van der Waals surface area contributed by atoms with E-state index in [9.17, 15) is 4.79 Å². The molecular formula is C27H28ClNO. The average molecular weight is 418 g/mol. The van der Waals surface area contributed by atoms with Crippen molar-refractivity contribution in [2.24, 2.45) is 0 Å². The van der Waals surface area contributed by atoms with Gasteiger partial charge in [0, 0.05) is 36.4 Å². The van der Waals surface area contributed by atoms with E-state index in [2.05, 4.69) is 65.6 Å². The topological polar surface area (TPSA) is 20.3 Å². The van der Waals surface area contributed by atoms with Crippen LogP contribution in [0.3, 0.4) is 0 Å². The summed E-state index contributed by atoms with van der Waals surface area (Å²) in [7, 11) is 0. The Labute approximate surface area is 184 Å². The summed E-state index contributed by atoms with van der Waals surface area (Å²) in [5.74, 6) is 0.700. The zero-order chi connectivity index (χ0) is 20.8. The molecule has 1 aliphatic heterocycles. The number of carbonyl (C=O) groups is 1. The van der Waals surface area contributed by atoms with Gasteiger partial charge in [0.2, 0.25) is 5.91 Å². The molecule has 3 aromatic carbocycles. The minimum absolute atomic E-state index is 0.0807. The quantitative estimate of drug-likeness (QED) is 0.454. The first kappa shape index (κ1) is 20.7. The fraction of sp³-hybridized carbons (Fsp3) is 0.296. The molecule has 0 bridgehead atoms. The smallest absolute Gasteiger partial charge is 0.223 e. The lowest BCUT2D eigenvalue weighted by Crippen LogP contribution is -2.35. The monoisotopic (exact) mass is 417 g/mol. The lowest BCUT2D eigenvalue weighted by molar-refractivity contribution is -0.131. The van der Waals surface area contributed by atoms with Crippen LogP contribution >= 0.6 is 11.6 Å². The SMILES string of the molecule is O=C(CC(c1ccccc1)c1ccccc1)N1CCCCC(c2ccc(Cl)cc2)C1. The maximum absolute atomic E-state index is 13.4. The third-order valence-electron chi connectivity index (χ3n) is 6.15. The number of nitrogens with zero attached hydrogens (tertiary/aromatic N) is 1. The second-order valence-electron chi connectivity index (χ2n) is 8.16. The first-order valence-corrected chi connectivity index (χ1v) is 11.2. The van der Waals surface area contributed by atoms with Gasteiger partial charge in [0.25, 0.3) is 0 Å². The number of halogens is 1. The van der Waals surface area contributed by atoms with Crippen LogP contribution in [0.1, 0.15) is 54.2 Å². The number of amides is 1. The van der Waals surface area contributed by atoms with E-state index in [-0.39, 0.29) is 11.8 Å². The molecule has 3 heteroatoms. The Morgan fingerprint density at radius 2 is 1.47 bits per heavy atom. The van der Waals surface area contributed by atoms with Crippen LogP contribution in [0.4, 0.5) is 0 Å². The molecule has 1 heterocycles. The van der Waals surface area contributed by atoms with Gasteiger partial charge in [-0.15, -0.1) is 0 Å². The van der Waals surface area contributed by atoms with Crippen molar-refractivity contribution in [1.82, 2.24) is 4.90 Å². The highest BCUT2D eigenvalue weighted by atomic mass is 35.5. The second kappa shape index (κ2) is 9.95. The van der Waals surface area contributed by atoms with Crippen LogP contribution in [-0.2, 0) is 4.79 Å². The molecule has 1 fully saturated rings. The summed E-state index contributed by atoms with van der Waals surface area (Å²) in [4.78, 5) is 15.5. The Balaban J connectivity index is 1.53. The minimum atomic E-state index is 0.0807. The zero-order valence-corrected chi connectivity index (χ0v) is 18.0. The summed E-state index contributed by atoms with van der Waals surface area (Å²) in [6.45, 7) is 1.63. The van der Waals surface area contributed by atoms with Gasteiger partial charge in [0.1, 0.15) is 0 Å². The molecule has 1 atom stereocenters. The van der Waals surface area contributed by atoms with E-state index in [0.29, 0.717) is 12.3 Å². The number of hydrogen-bond acceptors (Lipinski definition) is 1. The highest BCUT2D eigenvalue weighted by Crippen LogP contribution is 2.31. The zero-order valence-electron chi connectivity index (χ0n) is 17.2. The highest BCUT2D eigenvalue weighted by Gasteiger charge is 2.26. The number of likely N-dealkylation sites (tertiary alicyclic amines) is 1. The second-order valence-corrected chi connectivity index (χ2v) is 8.60. The van der Waals surface area contributed by atoms with Crippen molar-refractivity contribution in [3.63, 3.8) is 0 Å². The number of carbonyl (C=O) groups excluding carboxylic acids is 1. The van der Waals surface area contributed by atoms with Crippen molar-refractivity contribution >= 4 is 17.5 Å². The van der Waals surface area contributed by atoms with Crippen molar-refractivity contribution in [1.29, 1.82) is 0 Å². The van der Waals surface area contributed by atoms with E-state index in [1.807, 2.05) is 24.3 Å². The van der Waals surface area contributed by atoms with Crippen LogP contribution < -0.4 is 0 Å². The van der Waals surface area contributed by atoms with Crippen LogP contribution in [0.15, 0.2) is 84.9 Å². The van der Waals surface area contributed by atoms with Gasteiger partial charge in [-0.2, -0.15) is 0 Å². The van der Waals surface area contributed by atoms with Gasteiger partial charge in [-0.3, -0.25) is 4.79 Å². The number of hydrogen-bond donors (Lipinski definition) is 0. The summed E-state index contributed by atoms with van der Waals surface area (Å²) >= 11 is 6.07. The third kappa shape index (κ3) is 5.12. The van der Waals surface area contributed by atoms with Crippen molar-refractivity contribution in [3.8, 4) is 0 Å². The molecule has 0 saturated carbocycles. The van der Waals surface area contributed by atoms with Crippen molar-refractivity contribution in [2.45, 2.75) is 37.5 Å². The molecular weight excluding hydrogens is 390 g/mol. The van der Waals surface area contributed by atoms with Gasteiger partial charge >= 0.3 is 0 Å². The maximum Gasteiger partial charge on any atom is 0.223 e. The fourth-order valence-electron chi connectivity index (χ4n) is 4.48. The molecule has 4 rings (SSSR count). The average Bonchev–Trinajstić information content (AvgIpc) is 3.05. The number of rotatable bonds is 5. The van der Waals surface area contributed by atoms with Gasteiger partial charge in [0.05, 0.1) is 0 Å². The summed E-state index contributed by atoms with van der Waals surface area (Å²) in [6.07, 6.45) is 3.84. The molecule has 154 valence electrons. The number of benzene rings is 3. The van der Waals surface area contributed by atoms with Gasteiger partial charge in [0.15, 0.2) is 0 Å². The molecule has 0 radical (unpaired) electrons. The van der Waals surface area contributed by atoms with Crippen LogP contribution in [0.5, 0.6) is 0 Å². The minimum Gasteiger partial charge on any atom is -0.342 e. The Bertz CT molecular complexity index is 900. The highest BCUT2D eigenvalue weighted by molar-refractivity contribution is 6.30. The molecule has 1 saturated heterocycles. The van der Waals surface area contributed by atoms with E-state index < -0.39 is 0 Å². The molecule has 0 aliphatic carbocycles. The van der Waals surface area contributed by atoms with Crippen molar-refractivity contribution in [2.75, 3.05) is 13.1 Å². The molecule has 0 N–H and O–H groups in total. The fourth-order valence-corrected chi connectivity index (χ4v) is 4.60. The molecule has 0 aromatic heterocycles. The largest absolute Gasteiger partial charge is 0.342 e. The lowest BCUT2D eigenvalue weighted by Gasteiger charge is -2.27. The van der Waals surface area contributed by atoms with Gasteiger partial charge in [-0.1, -0.05) is 90.8 Å². The van der Waals surface area contributed by atoms with E-state index in [1.54, 1.807) is 0 Å². The van der Waals surface area contributed by atoms with Gasteiger partial charge in [-0.05, 0) is 41.7 Å². The Kier molecular flexibility index (Phi) is 6.86. The first-order valence-electron chi connectivity index (χ1n) is 10.8. The molecule has 0 spiro atoms. The van der Waals surface area contributed by atoms with Crippen LogP contribution in [0.25, 0.3) is 0 Å².